The Kier molecular flexibility index (Phi) is 3.46. The Balaban J connectivity index is 1.80. The largest absolute Gasteiger partial charge is 0.326 e. The predicted octanol–water partition coefficient (Wildman–Crippen LogP) is 3.81. The molecular weight excluding hydrogens is 253 g/mol. The minimum Gasteiger partial charge on any atom is -0.326 e. The Morgan fingerprint density at radius 1 is 1.05 bits per heavy atom. The third-order valence-electron chi connectivity index (χ3n) is 2.99. The Hall–Kier alpha value is -2.62. The molecule has 0 unspecified atom stereocenters. The second kappa shape index (κ2) is 5.57. The zero-order chi connectivity index (χ0) is 13.8. The molecule has 0 aliphatic carbocycles. The van der Waals surface area contributed by atoms with Crippen molar-refractivity contribution in [3.05, 3.63) is 78.4 Å². The van der Waals surface area contributed by atoms with Crippen molar-refractivity contribution in [3.8, 4) is 0 Å². The molecule has 0 amide bonds. The fraction of sp³-hybridized carbons (Fsp3) is 0.0625. The molecule has 1 N–H and O–H groups in total. The van der Waals surface area contributed by atoms with E-state index in [0.717, 1.165) is 17.2 Å². The van der Waals surface area contributed by atoms with Gasteiger partial charge in [0.25, 0.3) is 0 Å². The molecule has 0 fully saturated rings. The van der Waals surface area contributed by atoms with Crippen LogP contribution >= 0.6 is 0 Å². The van der Waals surface area contributed by atoms with Crippen LogP contribution in [0.1, 0.15) is 5.56 Å². The summed E-state index contributed by atoms with van der Waals surface area (Å²) in [5.41, 5.74) is 1.87. The van der Waals surface area contributed by atoms with E-state index in [-0.39, 0.29) is 5.82 Å². The molecule has 0 spiro atoms. The fourth-order valence-corrected chi connectivity index (χ4v) is 2.04. The molecule has 0 saturated carbocycles. The SMILES string of the molecule is Fc1cccc(Cn2ccnc2Nc2ccccc2)c1. The first-order chi connectivity index (χ1) is 9.81. The molecule has 0 bridgehead atoms. The third-order valence-corrected chi connectivity index (χ3v) is 2.99. The van der Waals surface area contributed by atoms with Crippen molar-refractivity contribution >= 4 is 11.6 Å². The summed E-state index contributed by atoms with van der Waals surface area (Å²) < 4.78 is 15.1. The number of hydrogen-bond acceptors (Lipinski definition) is 2. The van der Waals surface area contributed by atoms with Crippen LogP contribution in [0.25, 0.3) is 0 Å². The average molecular weight is 267 g/mol. The van der Waals surface area contributed by atoms with Crippen LogP contribution in [0.15, 0.2) is 67.0 Å². The molecular formula is C16H14FN3. The van der Waals surface area contributed by atoms with Gasteiger partial charge in [0.05, 0.1) is 6.54 Å². The lowest BCUT2D eigenvalue weighted by Gasteiger charge is -2.10. The summed E-state index contributed by atoms with van der Waals surface area (Å²) in [6.07, 6.45) is 3.60. The van der Waals surface area contributed by atoms with Gasteiger partial charge in [-0.15, -0.1) is 0 Å². The maximum atomic E-state index is 13.2. The summed E-state index contributed by atoms with van der Waals surface area (Å²) in [6, 6.07) is 16.4. The van der Waals surface area contributed by atoms with Gasteiger partial charge >= 0.3 is 0 Å². The van der Waals surface area contributed by atoms with Crippen molar-refractivity contribution in [2.24, 2.45) is 0 Å². The lowest BCUT2D eigenvalue weighted by molar-refractivity contribution is 0.623. The van der Waals surface area contributed by atoms with Gasteiger partial charge in [-0.2, -0.15) is 0 Å². The minimum absolute atomic E-state index is 0.222. The number of halogens is 1. The van der Waals surface area contributed by atoms with Crippen molar-refractivity contribution in [2.75, 3.05) is 5.32 Å². The Labute approximate surface area is 116 Å². The lowest BCUT2D eigenvalue weighted by Crippen LogP contribution is -2.04. The van der Waals surface area contributed by atoms with Crippen LogP contribution in [0, 0.1) is 5.82 Å². The number of anilines is 2. The van der Waals surface area contributed by atoms with Gasteiger partial charge in [0.2, 0.25) is 5.95 Å². The maximum absolute atomic E-state index is 13.2. The van der Waals surface area contributed by atoms with Crippen molar-refractivity contribution in [1.82, 2.24) is 9.55 Å². The van der Waals surface area contributed by atoms with E-state index >= 15 is 0 Å². The number of hydrogen-bond donors (Lipinski definition) is 1. The summed E-state index contributed by atoms with van der Waals surface area (Å²) in [5.74, 6) is 0.514. The van der Waals surface area contributed by atoms with Crippen molar-refractivity contribution in [1.29, 1.82) is 0 Å². The number of rotatable bonds is 4. The predicted molar refractivity (Wildman–Crippen MR) is 77.5 cm³/mol. The molecule has 0 atom stereocenters. The standard InChI is InChI=1S/C16H14FN3/c17-14-6-4-5-13(11-14)12-20-10-9-18-16(20)19-15-7-2-1-3-8-15/h1-11H,12H2,(H,18,19). The molecule has 4 heteroatoms. The van der Waals surface area contributed by atoms with Gasteiger partial charge in [0.15, 0.2) is 0 Å². The number of benzene rings is 2. The van der Waals surface area contributed by atoms with Crippen LogP contribution in [0.5, 0.6) is 0 Å². The molecule has 0 radical (unpaired) electrons. The van der Waals surface area contributed by atoms with Gasteiger partial charge in [-0.1, -0.05) is 30.3 Å². The summed E-state index contributed by atoms with van der Waals surface area (Å²) in [7, 11) is 0. The van der Waals surface area contributed by atoms with Crippen LogP contribution in [-0.2, 0) is 6.54 Å². The van der Waals surface area contributed by atoms with Crippen molar-refractivity contribution in [3.63, 3.8) is 0 Å². The van der Waals surface area contributed by atoms with Crippen LogP contribution in [0.3, 0.4) is 0 Å². The summed E-state index contributed by atoms with van der Waals surface area (Å²) >= 11 is 0. The maximum Gasteiger partial charge on any atom is 0.207 e. The molecule has 1 heterocycles. The molecule has 3 nitrogen and oxygen atoms in total. The molecule has 1 aromatic heterocycles. The van der Waals surface area contributed by atoms with Gasteiger partial charge < -0.3 is 9.88 Å². The van der Waals surface area contributed by atoms with E-state index in [9.17, 15) is 4.39 Å². The highest BCUT2D eigenvalue weighted by Gasteiger charge is 2.04. The van der Waals surface area contributed by atoms with Gasteiger partial charge in [-0.3, -0.25) is 0 Å². The van der Waals surface area contributed by atoms with E-state index in [4.69, 9.17) is 0 Å². The molecule has 0 aliphatic rings. The number of nitrogens with zero attached hydrogens (tertiary/aromatic N) is 2. The fourth-order valence-electron chi connectivity index (χ4n) is 2.04. The van der Waals surface area contributed by atoms with E-state index < -0.39 is 0 Å². The normalized spacial score (nSPS) is 10.4. The van der Waals surface area contributed by atoms with Gasteiger partial charge in [0.1, 0.15) is 5.82 Å². The summed E-state index contributed by atoms with van der Waals surface area (Å²) in [6.45, 7) is 0.576. The molecule has 0 saturated heterocycles. The Bertz CT molecular complexity index is 692. The van der Waals surface area contributed by atoms with Gasteiger partial charge in [-0.05, 0) is 29.8 Å². The van der Waals surface area contributed by atoms with Gasteiger partial charge in [-0.25, -0.2) is 9.37 Å². The molecule has 3 aromatic rings. The monoisotopic (exact) mass is 267 g/mol. The number of para-hydroxylation sites is 1. The Morgan fingerprint density at radius 3 is 2.70 bits per heavy atom. The first-order valence-corrected chi connectivity index (χ1v) is 6.39. The second-order valence-corrected chi connectivity index (χ2v) is 4.50. The summed E-state index contributed by atoms with van der Waals surface area (Å²) in [5, 5.41) is 3.25. The third kappa shape index (κ3) is 2.85. The number of aromatic nitrogens is 2. The van der Waals surface area contributed by atoms with Crippen LogP contribution in [0.2, 0.25) is 0 Å². The zero-order valence-electron chi connectivity index (χ0n) is 10.8. The summed E-state index contributed by atoms with van der Waals surface area (Å²) in [4.78, 5) is 4.29. The first kappa shape index (κ1) is 12.4. The molecule has 100 valence electrons. The van der Waals surface area contributed by atoms with E-state index in [2.05, 4.69) is 10.3 Å². The average Bonchev–Trinajstić information content (AvgIpc) is 2.87. The topological polar surface area (TPSA) is 29.9 Å². The van der Waals surface area contributed by atoms with E-state index in [1.807, 2.05) is 47.2 Å². The zero-order valence-corrected chi connectivity index (χ0v) is 10.8. The van der Waals surface area contributed by atoms with Crippen LogP contribution < -0.4 is 5.32 Å². The lowest BCUT2D eigenvalue weighted by atomic mass is 10.2. The molecule has 0 aliphatic heterocycles. The van der Waals surface area contributed by atoms with E-state index in [1.54, 1.807) is 12.3 Å². The Morgan fingerprint density at radius 2 is 1.90 bits per heavy atom. The molecule has 3 rings (SSSR count). The van der Waals surface area contributed by atoms with E-state index in [1.165, 1.54) is 12.1 Å². The highest BCUT2D eigenvalue weighted by atomic mass is 19.1. The molecule has 2 aromatic carbocycles. The smallest absolute Gasteiger partial charge is 0.207 e. The quantitative estimate of drug-likeness (QED) is 0.779. The minimum atomic E-state index is -0.222. The van der Waals surface area contributed by atoms with Crippen molar-refractivity contribution < 1.29 is 4.39 Å². The molecule has 20 heavy (non-hydrogen) atoms. The van der Waals surface area contributed by atoms with Crippen LogP contribution in [0.4, 0.5) is 16.0 Å². The number of nitrogens with one attached hydrogen (secondary N) is 1. The van der Waals surface area contributed by atoms with Crippen LogP contribution in [-0.4, -0.2) is 9.55 Å². The van der Waals surface area contributed by atoms with E-state index in [0.29, 0.717) is 6.54 Å². The highest BCUT2D eigenvalue weighted by Crippen LogP contribution is 2.16. The first-order valence-electron chi connectivity index (χ1n) is 6.39. The number of imidazole rings is 1. The highest BCUT2D eigenvalue weighted by molar-refractivity contribution is 5.53. The van der Waals surface area contributed by atoms with Gasteiger partial charge in [0, 0.05) is 18.1 Å². The second-order valence-electron chi connectivity index (χ2n) is 4.50. The van der Waals surface area contributed by atoms with Crippen molar-refractivity contribution in [2.45, 2.75) is 6.54 Å².